The minimum atomic E-state index is -0.146. The second kappa shape index (κ2) is 14.6. The van der Waals surface area contributed by atoms with Gasteiger partial charge in [0.1, 0.15) is 0 Å². The maximum atomic E-state index is 11.3. The summed E-state index contributed by atoms with van der Waals surface area (Å²) in [6.07, 6.45) is 5.18. The van der Waals surface area contributed by atoms with Gasteiger partial charge in [-0.1, -0.05) is 30.7 Å². The molecule has 0 amide bonds. The Hall–Kier alpha value is -1.35. The molecule has 1 fully saturated rings. The molecule has 1 aromatic rings. The highest BCUT2D eigenvalue weighted by Gasteiger charge is 2.10. The molecule has 1 aliphatic heterocycles. The van der Waals surface area contributed by atoms with Gasteiger partial charge in [-0.15, -0.1) is 24.0 Å². The normalized spacial score (nSPS) is 14.9. The van der Waals surface area contributed by atoms with Gasteiger partial charge in [0.05, 0.1) is 6.61 Å². The van der Waals surface area contributed by atoms with Crippen molar-refractivity contribution in [2.75, 3.05) is 33.3 Å². The standard InChI is InChI=1S/C21H34N4O2.HI/c1-3-27-20(26)8-7-13-23-21(22-2)24-16-18-9-11-19(12-10-18)17-25-14-5-4-6-15-25;/h9-12H,3-8,13-17H2,1-2H3,(H2,22,23,24);1H. The number of nitrogens with one attached hydrogen (secondary N) is 2. The number of rotatable bonds is 9. The van der Waals surface area contributed by atoms with Crippen LogP contribution in [0.1, 0.15) is 50.2 Å². The monoisotopic (exact) mass is 502 g/mol. The fourth-order valence-corrected chi connectivity index (χ4v) is 3.22. The third-order valence-electron chi connectivity index (χ3n) is 4.72. The van der Waals surface area contributed by atoms with Gasteiger partial charge in [-0.2, -0.15) is 0 Å². The predicted octanol–water partition coefficient (Wildman–Crippen LogP) is 3.30. The Bertz CT molecular complexity index is 587. The number of benzene rings is 1. The number of ether oxygens (including phenoxy) is 1. The lowest BCUT2D eigenvalue weighted by Gasteiger charge is -2.26. The summed E-state index contributed by atoms with van der Waals surface area (Å²) in [6.45, 7) is 7.17. The summed E-state index contributed by atoms with van der Waals surface area (Å²) < 4.78 is 4.92. The SMILES string of the molecule is CCOC(=O)CCCNC(=NC)NCc1ccc(CN2CCCCC2)cc1.I. The molecule has 28 heavy (non-hydrogen) atoms. The van der Waals surface area contributed by atoms with E-state index in [1.165, 1.54) is 43.5 Å². The highest BCUT2D eigenvalue weighted by Crippen LogP contribution is 2.13. The lowest BCUT2D eigenvalue weighted by atomic mass is 10.1. The molecule has 0 aromatic heterocycles. The van der Waals surface area contributed by atoms with Crippen LogP contribution < -0.4 is 10.6 Å². The van der Waals surface area contributed by atoms with Crippen LogP contribution in [0.15, 0.2) is 29.3 Å². The van der Waals surface area contributed by atoms with Gasteiger partial charge < -0.3 is 15.4 Å². The lowest BCUT2D eigenvalue weighted by Crippen LogP contribution is -2.37. The Labute approximate surface area is 186 Å². The summed E-state index contributed by atoms with van der Waals surface area (Å²) in [5.74, 6) is 0.600. The first-order chi connectivity index (χ1) is 13.2. The number of hydrogen-bond acceptors (Lipinski definition) is 4. The number of carbonyl (C=O) groups is 1. The van der Waals surface area contributed by atoms with Crippen LogP contribution in [0.4, 0.5) is 0 Å². The molecule has 0 radical (unpaired) electrons. The third kappa shape index (κ3) is 9.73. The Balaban J connectivity index is 0.00000392. The van der Waals surface area contributed by atoms with E-state index >= 15 is 0 Å². The molecule has 6 nitrogen and oxygen atoms in total. The number of likely N-dealkylation sites (tertiary alicyclic amines) is 1. The second-order valence-electron chi connectivity index (χ2n) is 6.91. The number of aliphatic imine (C=N–C) groups is 1. The van der Waals surface area contributed by atoms with Crippen molar-refractivity contribution in [2.24, 2.45) is 4.99 Å². The van der Waals surface area contributed by atoms with Crippen LogP contribution in [-0.2, 0) is 22.6 Å². The Morgan fingerprint density at radius 1 is 1.11 bits per heavy atom. The number of hydrogen-bond donors (Lipinski definition) is 2. The number of nitrogens with zero attached hydrogens (tertiary/aromatic N) is 2. The number of piperidine rings is 1. The van der Waals surface area contributed by atoms with Crippen molar-refractivity contribution in [1.29, 1.82) is 0 Å². The molecule has 7 heteroatoms. The first-order valence-corrected chi connectivity index (χ1v) is 10.1. The molecular weight excluding hydrogens is 467 g/mol. The van der Waals surface area contributed by atoms with Crippen molar-refractivity contribution >= 4 is 35.9 Å². The van der Waals surface area contributed by atoms with Crippen molar-refractivity contribution in [3.8, 4) is 0 Å². The maximum Gasteiger partial charge on any atom is 0.305 e. The summed E-state index contributed by atoms with van der Waals surface area (Å²) in [5, 5.41) is 6.54. The summed E-state index contributed by atoms with van der Waals surface area (Å²) in [7, 11) is 1.75. The molecular formula is C21H35IN4O2. The molecule has 0 spiro atoms. The summed E-state index contributed by atoms with van der Waals surface area (Å²) in [4.78, 5) is 18.1. The second-order valence-corrected chi connectivity index (χ2v) is 6.91. The highest BCUT2D eigenvalue weighted by atomic mass is 127. The average molecular weight is 502 g/mol. The predicted molar refractivity (Wildman–Crippen MR) is 125 cm³/mol. The first-order valence-electron chi connectivity index (χ1n) is 10.1. The topological polar surface area (TPSA) is 66.0 Å². The number of esters is 1. The molecule has 1 saturated heterocycles. The molecule has 0 atom stereocenters. The minimum Gasteiger partial charge on any atom is -0.466 e. The van der Waals surface area contributed by atoms with Gasteiger partial charge in [-0.3, -0.25) is 14.7 Å². The summed E-state index contributed by atoms with van der Waals surface area (Å²) in [5.41, 5.74) is 2.61. The molecule has 2 rings (SSSR count). The molecule has 0 aliphatic carbocycles. The van der Waals surface area contributed by atoms with Crippen LogP contribution in [0, 0.1) is 0 Å². The van der Waals surface area contributed by atoms with Gasteiger partial charge in [-0.05, 0) is 50.4 Å². The van der Waals surface area contributed by atoms with Gasteiger partial charge >= 0.3 is 5.97 Å². The van der Waals surface area contributed by atoms with Crippen molar-refractivity contribution < 1.29 is 9.53 Å². The van der Waals surface area contributed by atoms with Gasteiger partial charge in [0, 0.05) is 33.1 Å². The minimum absolute atomic E-state index is 0. The molecule has 1 heterocycles. The van der Waals surface area contributed by atoms with Crippen molar-refractivity contribution in [1.82, 2.24) is 15.5 Å². The number of carbonyl (C=O) groups excluding carboxylic acids is 1. The molecule has 2 N–H and O–H groups in total. The van der Waals surface area contributed by atoms with E-state index in [0.717, 1.165) is 25.5 Å². The van der Waals surface area contributed by atoms with Crippen molar-refractivity contribution in [3.63, 3.8) is 0 Å². The van der Waals surface area contributed by atoms with Gasteiger partial charge in [0.15, 0.2) is 5.96 Å². The molecule has 0 saturated carbocycles. The van der Waals surface area contributed by atoms with Crippen LogP contribution in [0.3, 0.4) is 0 Å². The Morgan fingerprint density at radius 2 is 1.79 bits per heavy atom. The van der Waals surface area contributed by atoms with Crippen LogP contribution >= 0.6 is 24.0 Å². The fraction of sp³-hybridized carbons (Fsp3) is 0.619. The molecule has 0 unspecified atom stereocenters. The molecule has 158 valence electrons. The van der Waals surface area contributed by atoms with Crippen LogP contribution in [-0.4, -0.2) is 50.1 Å². The van der Waals surface area contributed by atoms with Crippen molar-refractivity contribution in [3.05, 3.63) is 35.4 Å². The van der Waals surface area contributed by atoms with Crippen LogP contribution in [0.25, 0.3) is 0 Å². The first kappa shape index (κ1) is 24.7. The van der Waals surface area contributed by atoms with E-state index in [2.05, 4.69) is 44.8 Å². The van der Waals surface area contributed by atoms with Gasteiger partial charge in [0.25, 0.3) is 0 Å². The van der Waals surface area contributed by atoms with E-state index in [4.69, 9.17) is 4.74 Å². The van der Waals surface area contributed by atoms with Gasteiger partial charge in [0.2, 0.25) is 0 Å². The van der Waals surface area contributed by atoms with E-state index in [-0.39, 0.29) is 29.9 Å². The quantitative estimate of drug-likeness (QED) is 0.178. The van der Waals surface area contributed by atoms with Crippen molar-refractivity contribution in [2.45, 2.75) is 52.1 Å². The Morgan fingerprint density at radius 3 is 2.43 bits per heavy atom. The summed E-state index contributed by atoms with van der Waals surface area (Å²) in [6, 6.07) is 8.81. The largest absolute Gasteiger partial charge is 0.466 e. The van der Waals surface area contributed by atoms with E-state index in [1.807, 2.05) is 6.92 Å². The highest BCUT2D eigenvalue weighted by molar-refractivity contribution is 14.0. The number of guanidine groups is 1. The molecule has 1 aromatic carbocycles. The average Bonchev–Trinajstić information content (AvgIpc) is 2.69. The van der Waals surface area contributed by atoms with E-state index in [0.29, 0.717) is 19.6 Å². The fourth-order valence-electron chi connectivity index (χ4n) is 3.22. The van der Waals surface area contributed by atoms with E-state index < -0.39 is 0 Å². The molecule has 0 bridgehead atoms. The smallest absolute Gasteiger partial charge is 0.305 e. The molecule has 1 aliphatic rings. The van der Waals surface area contributed by atoms with Crippen LogP contribution in [0.2, 0.25) is 0 Å². The van der Waals surface area contributed by atoms with Crippen LogP contribution in [0.5, 0.6) is 0 Å². The maximum absolute atomic E-state index is 11.3. The zero-order chi connectivity index (χ0) is 19.3. The van der Waals surface area contributed by atoms with E-state index in [1.54, 1.807) is 7.05 Å². The zero-order valence-corrected chi connectivity index (χ0v) is 19.5. The zero-order valence-electron chi connectivity index (χ0n) is 17.2. The third-order valence-corrected chi connectivity index (χ3v) is 4.72. The van der Waals surface area contributed by atoms with Gasteiger partial charge in [-0.25, -0.2) is 0 Å². The summed E-state index contributed by atoms with van der Waals surface area (Å²) >= 11 is 0. The lowest BCUT2D eigenvalue weighted by molar-refractivity contribution is -0.143. The Kier molecular flexibility index (Phi) is 12.9. The number of halogens is 1. The van der Waals surface area contributed by atoms with E-state index in [9.17, 15) is 4.79 Å².